The SMILES string of the molecule is CC(C)C(=O)N1CC(O)CC1c1nnc2n1CCN(C(=O)C1CCC1)C2. The molecule has 0 spiro atoms. The first-order valence-electron chi connectivity index (χ1n) is 9.65. The average Bonchev–Trinajstić information content (AvgIpc) is 3.14. The van der Waals surface area contributed by atoms with Gasteiger partial charge in [-0.25, -0.2) is 0 Å². The molecule has 2 fully saturated rings. The second-order valence-corrected chi connectivity index (χ2v) is 8.06. The molecule has 0 bridgehead atoms. The van der Waals surface area contributed by atoms with Gasteiger partial charge in [0, 0.05) is 37.9 Å². The summed E-state index contributed by atoms with van der Waals surface area (Å²) in [6.45, 7) is 5.86. The summed E-state index contributed by atoms with van der Waals surface area (Å²) >= 11 is 0. The molecule has 4 rings (SSSR count). The number of fused-ring (bicyclic) bond motifs is 1. The maximum atomic E-state index is 12.5. The molecule has 1 aliphatic carbocycles. The lowest BCUT2D eigenvalue weighted by atomic mass is 9.84. The Morgan fingerprint density at radius 2 is 1.96 bits per heavy atom. The highest BCUT2D eigenvalue weighted by Gasteiger charge is 2.40. The molecule has 8 nitrogen and oxygen atoms in total. The second-order valence-electron chi connectivity index (χ2n) is 8.06. The molecule has 1 saturated heterocycles. The van der Waals surface area contributed by atoms with Crippen molar-refractivity contribution in [2.24, 2.45) is 11.8 Å². The Balaban J connectivity index is 1.54. The molecule has 3 aliphatic rings. The highest BCUT2D eigenvalue weighted by atomic mass is 16.3. The van der Waals surface area contributed by atoms with Crippen molar-refractivity contribution in [2.45, 2.75) is 64.8 Å². The van der Waals surface area contributed by atoms with Gasteiger partial charge >= 0.3 is 0 Å². The molecule has 0 aromatic carbocycles. The summed E-state index contributed by atoms with van der Waals surface area (Å²) in [5.41, 5.74) is 0. The zero-order chi connectivity index (χ0) is 18.4. The number of nitrogens with zero attached hydrogens (tertiary/aromatic N) is 5. The predicted octanol–water partition coefficient (Wildman–Crippen LogP) is 0.711. The minimum atomic E-state index is -0.532. The molecule has 26 heavy (non-hydrogen) atoms. The molecule has 2 amide bonds. The molecular weight excluding hydrogens is 334 g/mol. The van der Waals surface area contributed by atoms with Crippen LogP contribution in [0.2, 0.25) is 0 Å². The minimum Gasteiger partial charge on any atom is -0.391 e. The van der Waals surface area contributed by atoms with E-state index in [-0.39, 0.29) is 29.7 Å². The van der Waals surface area contributed by atoms with Gasteiger partial charge in [0.2, 0.25) is 11.8 Å². The van der Waals surface area contributed by atoms with Crippen molar-refractivity contribution in [1.29, 1.82) is 0 Å². The summed E-state index contributed by atoms with van der Waals surface area (Å²) in [6, 6.07) is -0.241. The third kappa shape index (κ3) is 2.90. The summed E-state index contributed by atoms with van der Waals surface area (Å²) in [5, 5.41) is 18.8. The zero-order valence-corrected chi connectivity index (χ0v) is 15.5. The van der Waals surface area contributed by atoms with E-state index in [0.717, 1.165) is 30.9 Å². The van der Waals surface area contributed by atoms with Crippen molar-refractivity contribution >= 4 is 11.8 Å². The standard InChI is InChI=1S/C18H27N5O3/c1-11(2)17(25)23-9-13(24)8-14(23)16-20-19-15-10-21(6-7-22(15)16)18(26)12-4-3-5-12/h11-14,24H,3-10H2,1-2H3. The number of amides is 2. The quantitative estimate of drug-likeness (QED) is 0.856. The first-order chi connectivity index (χ1) is 12.5. The van der Waals surface area contributed by atoms with Crippen LogP contribution in [0.25, 0.3) is 0 Å². The number of hydrogen-bond acceptors (Lipinski definition) is 5. The van der Waals surface area contributed by atoms with Gasteiger partial charge in [-0.05, 0) is 12.8 Å². The number of likely N-dealkylation sites (tertiary alicyclic amines) is 1. The van der Waals surface area contributed by atoms with Crippen LogP contribution in [0.1, 0.15) is 57.2 Å². The number of carbonyl (C=O) groups is 2. The average molecular weight is 361 g/mol. The number of aliphatic hydroxyl groups excluding tert-OH is 1. The van der Waals surface area contributed by atoms with Crippen molar-refractivity contribution in [2.75, 3.05) is 13.1 Å². The van der Waals surface area contributed by atoms with E-state index in [2.05, 4.69) is 10.2 Å². The summed E-state index contributed by atoms with van der Waals surface area (Å²) in [5.74, 6) is 1.84. The number of β-amino-alcohol motifs (C(OH)–C–C–N with tert-alkyl or cyclic N) is 1. The topological polar surface area (TPSA) is 91.6 Å². The van der Waals surface area contributed by atoms with Gasteiger partial charge in [-0.1, -0.05) is 20.3 Å². The predicted molar refractivity (Wildman–Crippen MR) is 92.7 cm³/mol. The second kappa shape index (κ2) is 6.64. The lowest BCUT2D eigenvalue weighted by Crippen LogP contribution is -2.44. The van der Waals surface area contributed by atoms with Crippen LogP contribution in [0.15, 0.2) is 0 Å². The number of carbonyl (C=O) groups excluding carboxylic acids is 2. The number of aromatic nitrogens is 3. The maximum Gasteiger partial charge on any atom is 0.226 e. The zero-order valence-electron chi connectivity index (χ0n) is 15.5. The van der Waals surface area contributed by atoms with Gasteiger partial charge < -0.3 is 19.5 Å². The number of hydrogen-bond donors (Lipinski definition) is 1. The van der Waals surface area contributed by atoms with E-state index in [4.69, 9.17) is 0 Å². The van der Waals surface area contributed by atoms with Crippen LogP contribution in [-0.4, -0.2) is 60.7 Å². The van der Waals surface area contributed by atoms with Crippen molar-refractivity contribution in [3.63, 3.8) is 0 Å². The molecule has 3 heterocycles. The smallest absolute Gasteiger partial charge is 0.226 e. The monoisotopic (exact) mass is 361 g/mol. The molecule has 1 aromatic rings. The van der Waals surface area contributed by atoms with E-state index in [1.54, 1.807) is 4.90 Å². The largest absolute Gasteiger partial charge is 0.391 e. The van der Waals surface area contributed by atoms with Crippen LogP contribution < -0.4 is 0 Å². The Morgan fingerprint density at radius 1 is 1.19 bits per heavy atom. The van der Waals surface area contributed by atoms with E-state index in [1.165, 1.54) is 0 Å². The molecule has 2 unspecified atom stereocenters. The van der Waals surface area contributed by atoms with Gasteiger partial charge in [-0.2, -0.15) is 0 Å². The Bertz CT molecular complexity index is 712. The van der Waals surface area contributed by atoms with Crippen molar-refractivity contribution in [3.05, 3.63) is 11.6 Å². The molecule has 2 aliphatic heterocycles. The normalized spacial score (nSPS) is 26.2. The van der Waals surface area contributed by atoms with E-state index in [0.29, 0.717) is 32.6 Å². The molecule has 1 N–H and O–H groups in total. The summed E-state index contributed by atoms with van der Waals surface area (Å²) in [6.07, 6.45) is 3.10. The van der Waals surface area contributed by atoms with Crippen LogP contribution in [0.4, 0.5) is 0 Å². The lowest BCUT2D eigenvalue weighted by molar-refractivity contribution is -0.139. The molecule has 2 atom stereocenters. The lowest BCUT2D eigenvalue weighted by Gasteiger charge is -2.34. The van der Waals surface area contributed by atoms with Crippen LogP contribution >= 0.6 is 0 Å². The van der Waals surface area contributed by atoms with Crippen molar-refractivity contribution in [3.8, 4) is 0 Å². The molecule has 0 radical (unpaired) electrons. The molecule has 1 saturated carbocycles. The summed E-state index contributed by atoms with van der Waals surface area (Å²) in [7, 11) is 0. The van der Waals surface area contributed by atoms with Crippen LogP contribution in [0, 0.1) is 11.8 Å². The van der Waals surface area contributed by atoms with E-state index in [9.17, 15) is 14.7 Å². The van der Waals surface area contributed by atoms with E-state index >= 15 is 0 Å². The number of rotatable bonds is 3. The van der Waals surface area contributed by atoms with E-state index in [1.807, 2.05) is 23.3 Å². The third-order valence-corrected chi connectivity index (χ3v) is 5.90. The van der Waals surface area contributed by atoms with Gasteiger partial charge in [0.15, 0.2) is 11.6 Å². The van der Waals surface area contributed by atoms with Gasteiger partial charge in [-0.15, -0.1) is 10.2 Å². The molecule has 1 aromatic heterocycles. The highest BCUT2D eigenvalue weighted by Crippen LogP contribution is 2.34. The maximum absolute atomic E-state index is 12.5. The Kier molecular flexibility index (Phi) is 4.46. The van der Waals surface area contributed by atoms with Crippen LogP contribution in [-0.2, 0) is 22.7 Å². The Morgan fingerprint density at radius 3 is 2.62 bits per heavy atom. The minimum absolute atomic E-state index is 0.0292. The van der Waals surface area contributed by atoms with Crippen molar-refractivity contribution < 1.29 is 14.7 Å². The Labute approximate surface area is 153 Å². The number of aliphatic hydroxyl groups is 1. The van der Waals surface area contributed by atoms with Crippen LogP contribution in [0.3, 0.4) is 0 Å². The molecular formula is C18H27N5O3. The molecule has 8 heteroatoms. The summed E-state index contributed by atoms with van der Waals surface area (Å²) in [4.78, 5) is 28.6. The molecule has 142 valence electrons. The summed E-state index contributed by atoms with van der Waals surface area (Å²) < 4.78 is 2.04. The fraction of sp³-hybridized carbons (Fsp3) is 0.778. The fourth-order valence-electron chi connectivity index (χ4n) is 4.16. The van der Waals surface area contributed by atoms with E-state index < -0.39 is 6.10 Å². The van der Waals surface area contributed by atoms with Gasteiger partial charge in [-0.3, -0.25) is 9.59 Å². The fourth-order valence-corrected chi connectivity index (χ4v) is 4.16. The van der Waals surface area contributed by atoms with Crippen LogP contribution in [0.5, 0.6) is 0 Å². The first kappa shape index (κ1) is 17.5. The van der Waals surface area contributed by atoms with Gasteiger partial charge in [0.25, 0.3) is 0 Å². The van der Waals surface area contributed by atoms with Crippen molar-refractivity contribution in [1.82, 2.24) is 24.6 Å². The highest BCUT2D eigenvalue weighted by molar-refractivity contribution is 5.80. The van der Waals surface area contributed by atoms with Gasteiger partial charge in [0.1, 0.15) is 0 Å². The first-order valence-corrected chi connectivity index (χ1v) is 9.65. The third-order valence-electron chi connectivity index (χ3n) is 5.90. The van der Waals surface area contributed by atoms with Gasteiger partial charge in [0.05, 0.1) is 18.7 Å². The Hall–Kier alpha value is -1.96.